The number of nitrogens with zero attached hydrogens (tertiary/aromatic N) is 3. The van der Waals surface area contributed by atoms with Gasteiger partial charge in [-0.3, -0.25) is 4.79 Å². The molecule has 1 aliphatic rings. The normalized spacial score (nSPS) is 15.6. The Morgan fingerprint density at radius 1 is 1.38 bits per heavy atom. The molecular weight excluding hydrogens is 461 g/mol. The van der Waals surface area contributed by atoms with E-state index < -0.39 is 0 Å². The summed E-state index contributed by atoms with van der Waals surface area (Å²) in [6, 6.07) is 4.68. The van der Waals surface area contributed by atoms with Crippen LogP contribution in [0.4, 0.5) is 5.00 Å². The Balaban J connectivity index is 0.00000338. The first-order chi connectivity index (χ1) is 12.0. The summed E-state index contributed by atoms with van der Waals surface area (Å²) in [4.78, 5) is 20.3. The molecule has 0 aromatic carbocycles. The van der Waals surface area contributed by atoms with Gasteiger partial charge in [-0.05, 0) is 36.3 Å². The van der Waals surface area contributed by atoms with Crippen molar-refractivity contribution < 1.29 is 4.79 Å². The smallest absolute Gasteiger partial charge is 0.243 e. The van der Waals surface area contributed by atoms with Crippen LogP contribution < -0.4 is 15.5 Å². The molecule has 0 aliphatic carbocycles. The first kappa shape index (κ1) is 23.0. The molecule has 1 aromatic rings. The summed E-state index contributed by atoms with van der Waals surface area (Å²) in [7, 11) is 3.51. The SMILES string of the molecule is CC(C)CNC(=NCC(=O)N(C)C)NC1CCN(c2cccs2)CC1.I. The van der Waals surface area contributed by atoms with E-state index in [1.807, 2.05) is 0 Å². The van der Waals surface area contributed by atoms with Crippen LogP contribution in [0.2, 0.25) is 0 Å². The van der Waals surface area contributed by atoms with Gasteiger partial charge in [-0.2, -0.15) is 0 Å². The van der Waals surface area contributed by atoms with Crippen LogP contribution in [0.1, 0.15) is 26.7 Å². The third kappa shape index (κ3) is 7.69. The molecule has 26 heavy (non-hydrogen) atoms. The zero-order valence-electron chi connectivity index (χ0n) is 16.2. The maximum Gasteiger partial charge on any atom is 0.243 e. The highest BCUT2D eigenvalue weighted by atomic mass is 127. The number of carbonyl (C=O) groups excluding carboxylic acids is 1. The Bertz CT molecular complexity index is 554. The standard InChI is InChI=1S/C18H31N5OS.HI/c1-14(2)12-19-18(20-13-16(24)22(3)4)21-15-7-9-23(10-8-15)17-6-5-11-25-17;/h5-6,11,14-15H,7-10,12-13H2,1-4H3,(H2,19,20,21);1H. The molecular formula is C18H32IN5OS. The van der Waals surface area contributed by atoms with Gasteiger partial charge in [0.2, 0.25) is 5.91 Å². The van der Waals surface area contributed by atoms with E-state index in [1.165, 1.54) is 5.00 Å². The van der Waals surface area contributed by atoms with Crippen LogP contribution in [0.5, 0.6) is 0 Å². The number of anilines is 1. The Hall–Kier alpha value is -1.03. The predicted molar refractivity (Wildman–Crippen MR) is 122 cm³/mol. The number of thiophene rings is 1. The first-order valence-corrected chi connectivity index (χ1v) is 9.87. The molecule has 0 unspecified atom stereocenters. The van der Waals surface area contributed by atoms with Gasteiger partial charge in [0.05, 0.1) is 5.00 Å². The second-order valence-corrected chi connectivity index (χ2v) is 8.01. The van der Waals surface area contributed by atoms with Gasteiger partial charge in [0.1, 0.15) is 6.54 Å². The lowest BCUT2D eigenvalue weighted by Crippen LogP contribution is -2.49. The van der Waals surface area contributed by atoms with E-state index in [1.54, 1.807) is 30.3 Å². The molecule has 0 atom stereocenters. The van der Waals surface area contributed by atoms with E-state index in [0.29, 0.717) is 12.0 Å². The minimum atomic E-state index is 0. The number of hydrogen-bond donors (Lipinski definition) is 2. The van der Waals surface area contributed by atoms with Gasteiger partial charge in [0.15, 0.2) is 5.96 Å². The number of nitrogens with one attached hydrogen (secondary N) is 2. The lowest BCUT2D eigenvalue weighted by atomic mass is 10.1. The molecule has 148 valence electrons. The fourth-order valence-electron chi connectivity index (χ4n) is 2.63. The third-order valence-corrected chi connectivity index (χ3v) is 5.13. The number of piperidine rings is 1. The second kappa shape index (κ2) is 11.6. The van der Waals surface area contributed by atoms with E-state index in [4.69, 9.17) is 0 Å². The molecule has 1 fully saturated rings. The summed E-state index contributed by atoms with van der Waals surface area (Å²) in [6.45, 7) is 7.44. The maximum absolute atomic E-state index is 11.8. The van der Waals surface area contributed by atoms with E-state index in [9.17, 15) is 4.79 Å². The van der Waals surface area contributed by atoms with Crippen molar-refractivity contribution in [2.24, 2.45) is 10.9 Å². The van der Waals surface area contributed by atoms with Crippen molar-refractivity contribution in [1.29, 1.82) is 0 Å². The largest absolute Gasteiger partial charge is 0.363 e. The molecule has 2 rings (SSSR count). The average molecular weight is 493 g/mol. The van der Waals surface area contributed by atoms with E-state index >= 15 is 0 Å². The highest BCUT2D eigenvalue weighted by Crippen LogP contribution is 2.24. The van der Waals surface area contributed by atoms with Crippen LogP contribution >= 0.6 is 35.3 Å². The number of aliphatic imine (C=N–C) groups is 1. The zero-order chi connectivity index (χ0) is 18.2. The van der Waals surface area contributed by atoms with Crippen molar-refractivity contribution in [3.05, 3.63) is 17.5 Å². The van der Waals surface area contributed by atoms with Gasteiger partial charge in [-0.15, -0.1) is 35.3 Å². The molecule has 0 bridgehead atoms. The summed E-state index contributed by atoms with van der Waals surface area (Å²) in [5, 5.41) is 10.3. The fourth-order valence-corrected chi connectivity index (χ4v) is 3.41. The Labute approximate surface area is 178 Å². The summed E-state index contributed by atoms with van der Waals surface area (Å²) in [5.74, 6) is 1.29. The van der Waals surface area contributed by atoms with Gasteiger partial charge in [0, 0.05) is 39.8 Å². The van der Waals surface area contributed by atoms with Crippen LogP contribution in [0, 0.1) is 5.92 Å². The lowest BCUT2D eigenvalue weighted by molar-refractivity contribution is -0.127. The molecule has 1 aromatic heterocycles. The van der Waals surface area contributed by atoms with Gasteiger partial charge in [-0.25, -0.2) is 4.99 Å². The molecule has 0 saturated carbocycles. The number of rotatable bonds is 6. The zero-order valence-corrected chi connectivity index (χ0v) is 19.3. The quantitative estimate of drug-likeness (QED) is 0.364. The van der Waals surface area contributed by atoms with Crippen molar-refractivity contribution in [1.82, 2.24) is 15.5 Å². The van der Waals surface area contributed by atoms with Gasteiger partial charge < -0.3 is 20.4 Å². The van der Waals surface area contributed by atoms with E-state index in [0.717, 1.165) is 38.4 Å². The average Bonchev–Trinajstić information content (AvgIpc) is 3.12. The van der Waals surface area contributed by atoms with Crippen LogP contribution in [-0.4, -0.2) is 63.1 Å². The molecule has 0 spiro atoms. The van der Waals surface area contributed by atoms with Crippen molar-refractivity contribution in [3.8, 4) is 0 Å². The van der Waals surface area contributed by atoms with Crippen molar-refractivity contribution >= 4 is 52.2 Å². The number of guanidine groups is 1. The summed E-state index contributed by atoms with van der Waals surface area (Å²) in [5.41, 5.74) is 0. The van der Waals surface area contributed by atoms with Crippen LogP contribution in [0.25, 0.3) is 0 Å². The van der Waals surface area contributed by atoms with Crippen molar-refractivity contribution in [3.63, 3.8) is 0 Å². The summed E-state index contributed by atoms with van der Waals surface area (Å²) < 4.78 is 0. The minimum Gasteiger partial charge on any atom is -0.363 e. The Morgan fingerprint density at radius 2 is 2.08 bits per heavy atom. The van der Waals surface area contributed by atoms with E-state index in [2.05, 4.69) is 51.9 Å². The van der Waals surface area contributed by atoms with Gasteiger partial charge in [-0.1, -0.05) is 13.8 Å². The topological polar surface area (TPSA) is 60.0 Å². The first-order valence-electron chi connectivity index (χ1n) is 8.99. The Morgan fingerprint density at radius 3 is 2.62 bits per heavy atom. The Kier molecular flexibility index (Phi) is 10.3. The van der Waals surface area contributed by atoms with Crippen LogP contribution in [0.3, 0.4) is 0 Å². The number of amides is 1. The predicted octanol–water partition coefficient (Wildman–Crippen LogP) is 2.61. The van der Waals surface area contributed by atoms with Crippen LogP contribution in [-0.2, 0) is 4.79 Å². The molecule has 1 saturated heterocycles. The molecule has 2 N–H and O–H groups in total. The molecule has 1 aliphatic heterocycles. The lowest BCUT2D eigenvalue weighted by Gasteiger charge is -2.33. The summed E-state index contributed by atoms with van der Waals surface area (Å²) >= 11 is 1.80. The van der Waals surface area contributed by atoms with Gasteiger partial charge >= 0.3 is 0 Å². The number of hydrogen-bond acceptors (Lipinski definition) is 4. The number of halogens is 1. The maximum atomic E-state index is 11.8. The highest BCUT2D eigenvalue weighted by Gasteiger charge is 2.21. The number of carbonyl (C=O) groups is 1. The van der Waals surface area contributed by atoms with Crippen LogP contribution in [0.15, 0.2) is 22.5 Å². The van der Waals surface area contributed by atoms with Crippen molar-refractivity contribution in [2.45, 2.75) is 32.7 Å². The molecule has 2 heterocycles. The number of likely N-dealkylation sites (N-methyl/N-ethyl adjacent to an activating group) is 1. The van der Waals surface area contributed by atoms with Gasteiger partial charge in [0.25, 0.3) is 0 Å². The van der Waals surface area contributed by atoms with Crippen molar-refractivity contribution in [2.75, 3.05) is 45.2 Å². The molecule has 1 amide bonds. The molecule has 0 radical (unpaired) electrons. The third-order valence-electron chi connectivity index (χ3n) is 4.20. The summed E-state index contributed by atoms with van der Waals surface area (Å²) in [6.07, 6.45) is 2.14. The second-order valence-electron chi connectivity index (χ2n) is 7.08. The molecule has 6 nitrogen and oxygen atoms in total. The monoisotopic (exact) mass is 493 g/mol. The fraction of sp³-hybridized carbons (Fsp3) is 0.667. The molecule has 8 heteroatoms. The highest BCUT2D eigenvalue weighted by molar-refractivity contribution is 14.0. The van der Waals surface area contributed by atoms with E-state index in [-0.39, 0.29) is 36.4 Å². The minimum absolute atomic E-state index is 0.